The third kappa shape index (κ3) is 2.29. The molecule has 1 aromatic heterocycles. The number of aromatic nitrogens is 2. The molecule has 0 fully saturated rings. The minimum Gasteiger partial charge on any atom is -0.497 e. The summed E-state index contributed by atoms with van der Waals surface area (Å²) >= 11 is 0. The Hall–Kier alpha value is -2.43. The molecule has 2 aromatic rings. The van der Waals surface area contributed by atoms with Gasteiger partial charge in [0.2, 0.25) is 0 Å². The largest absolute Gasteiger partial charge is 0.497 e. The van der Waals surface area contributed by atoms with Gasteiger partial charge < -0.3 is 9.47 Å². The second-order valence-corrected chi connectivity index (χ2v) is 3.48. The highest BCUT2D eigenvalue weighted by Gasteiger charge is 2.09. The van der Waals surface area contributed by atoms with E-state index in [9.17, 15) is 4.79 Å². The highest BCUT2D eigenvalue weighted by atomic mass is 16.5. The number of carbonyl (C=O) groups is 1. The maximum absolute atomic E-state index is 10.7. The molecule has 1 aromatic carbocycles. The van der Waals surface area contributed by atoms with Gasteiger partial charge in [-0.15, -0.1) is 0 Å². The van der Waals surface area contributed by atoms with Crippen molar-refractivity contribution in [1.29, 1.82) is 0 Å². The normalized spacial score (nSPS) is 9.89. The van der Waals surface area contributed by atoms with Crippen LogP contribution in [0.4, 0.5) is 0 Å². The van der Waals surface area contributed by atoms with Crippen molar-refractivity contribution in [2.24, 2.45) is 0 Å². The zero-order chi connectivity index (χ0) is 13.0. The van der Waals surface area contributed by atoms with Gasteiger partial charge in [-0.1, -0.05) is 0 Å². The molecule has 5 heteroatoms. The molecule has 0 N–H and O–H groups in total. The Kier molecular flexibility index (Phi) is 3.52. The number of rotatable bonds is 4. The molecular weight excluding hydrogens is 232 g/mol. The SMILES string of the molecule is COc1ccc(OC)c(-c2ccnc(C=O)n2)c1. The van der Waals surface area contributed by atoms with Crippen LogP contribution in [0.5, 0.6) is 11.5 Å². The van der Waals surface area contributed by atoms with Crippen molar-refractivity contribution < 1.29 is 14.3 Å². The van der Waals surface area contributed by atoms with E-state index < -0.39 is 0 Å². The lowest BCUT2D eigenvalue weighted by atomic mass is 10.1. The van der Waals surface area contributed by atoms with Gasteiger partial charge in [0.15, 0.2) is 12.1 Å². The Morgan fingerprint density at radius 3 is 2.67 bits per heavy atom. The van der Waals surface area contributed by atoms with Gasteiger partial charge in [0.25, 0.3) is 0 Å². The van der Waals surface area contributed by atoms with Crippen molar-refractivity contribution in [2.45, 2.75) is 0 Å². The van der Waals surface area contributed by atoms with E-state index in [4.69, 9.17) is 9.47 Å². The second-order valence-electron chi connectivity index (χ2n) is 3.48. The molecule has 18 heavy (non-hydrogen) atoms. The lowest BCUT2D eigenvalue weighted by molar-refractivity contribution is 0.111. The Bertz CT molecular complexity index is 570. The molecule has 1 heterocycles. The highest BCUT2D eigenvalue weighted by molar-refractivity contribution is 5.73. The quantitative estimate of drug-likeness (QED) is 0.769. The topological polar surface area (TPSA) is 61.3 Å². The summed E-state index contributed by atoms with van der Waals surface area (Å²) in [7, 11) is 3.16. The van der Waals surface area contributed by atoms with Crippen molar-refractivity contribution in [1.82, 2.24) is 9.97 Å². The van der Waals surface area contributed by atoms with Crippen LogP contribution in [0.25, 0.3) is 11.3 Å². The van der Waals surface area contributed by atoms with Crippen molar-refractivity contribution >= 4 is 6.29 Å². The first-order chi connectivity index (χ1) is 8.78. The van der Waals surface area contributed by atoms with Crippen molar-refractivity contribution in [3.8, 4) is 22.8 Å². The van der Waals surface area contributed by atoms with Gasteiger partial charge in [0.05, 0.1) is 19.9 Å². The highest BCUT2D eigenvalue weighted by Crippen LogP contribution is 2.31. The summed E-state index contributed by atoms with van der Waals surface area (Å²) in [4.78, 5) is 18.6. The number of nitrogens with zero attached hydrogens (tertiary/aromatic N) is 2. The first kappa shape index (κ1) is 12.0. The van der Waals surface area contributed by atoms with E-state index >= 15 is 0 Å². The van der Waals surface area contributed by atoms with Gasteiger partial charge >= 0.3 is 0 Å². The number of methoxy groups -OCH3 is 2. The van der Waals surface area contributed by atoms with E-state index in [1.807, 2.05) is 0 Å². The van der Waals surface area contributed by atoms with Crippen molar-refractivity contribution in [3.63, 3.8) is 0 Å². The molecule has 0 spiro atoms. The molecule has 5 nitrogen and oxygen atoms in total. The summed E-state index contributed by atoms with van der Waals surface area (Å²) in [5, 5.41) is 0. The number of aldehydes is 1. The lowest BCUT2D eigenvalue weighted by Gasteiger charge is -2.09. The van der Waals surface area contributed by atoms with Crippen LogP contribution in [0.3, 0.4) is 0 Å². The first-order valence-electron chi connectivity index (χ1n) is 5.29. The molecule has 0 unspecified atom stereocenters. The molecule has 2 rings (SSSR count). The second kappa shape index (κ2) is 5.27. The van der Waals surface area contributed by atoms with E-state index in [1.165, 1.54) is 6.20 Å². The van der Waals surface area contributed by atoms with E-state index in [2.05, 4.69) is 9.97 Å². The summed E-state index contributed by atoms with van der Waals surface area (Å²) in [6.07, 6.45) is 2.14. The predicted molar refractivity (Wildman–Crippen MR) is 66.0 cm³/mol. The monoisotopic (exact) mass is 244 g/mol. The minimum absolute atomic E-state index is 0.136. The van der Waals surface area contributed by atoms with Gasteiger partial charge in [-0.3, -0.25) is 4.79 Å². The minimum atomic E-state index is 0.136. The van der Waals surface area contributed by atoms with Gasteiger partial charge in [-0.05, 0) is 24.3 Å². The standard InChI is InChI=1S/C13H12N2O3/c1-17-9-3-4-12(18-2)10(7-9)11-5-6-14-13(8-16)15-11/h3-8H,1-2H3. The van der Waals surface area contributed by atoms with Crippen LogP contribution in [0.1, 0.15) is 10.6 Å². The molecule has 0 aliphatic heterocycles. The molecule has 0 aliphatic rings. The van der Waals surface area contributed by atoms with Gasteiger partial charge in [0.1, 0.15) is 11.5 Å². The summed E-state index contributed by atoms with van der Waals surface area (Å²) < 4.78 is 10.4. The predicted octanol–water partition coefficient (Wildman–Crippen LogP) is 1.97. The van der Waals surface area contributed by atoms with E-state index in [0.29, 0.717) is 23.5 Å². The number of hydrogen-bond donors (Lipinski definition) is 0. The third-order valence-corrected chi connectivity index (χ3v) is 2.46. The maximum atomic E-state index is 10.7. The summed E-state index contributed by atoms with van der Waals surface area (Å²) in [5.74, 6) is 1.49. The molecule has 92 valence electrons. The van der Waals surface area contributed by atoms with Crippen LogP contribution >= 0.6 is 0 Å². The van der Waals surface area contributed by atoms with Crippen LogP contribution < -0.4 is 9.47 Å². The zero-order valence-electron chi connectivity index (χ0n) is 10.1. The third-order valence-electron chi connectivity index (χ3n) is 2.46. The number of benzene rings is 1. The number of hydrogen-bond acceptors (Lipinski definition) is 5. The van der Waals surface area contributed by atoms with Crippen LogP contribution in [0.15, 0.2) is 30.5 Å². The molecular formula is C13H12N2O3. The van der Waals surface area contributed by atoms with E-state index in [-0.39, 0.29) is 5.82 Å². The summed E-state index contributed by atoms with van der Waals surface area (Å²) in [6, 6.07) is 7.10. The molecule has 0 radical (unpaired) electrons. The van der Waals surface area contributed by atoms with Gasteiger partial charge in [0, 0.05) is 11.8 Å². The smallest absolute Gasteiger partial charge is 0.193 e. The molecule has 0 saturated heterocycles. The fourth-order valence-corrected chi connectivity index (χ4v) is 1.59. The van der Waals surface area contributed by atoms with E-state index in [0.717, 1.165) is 5.56 Å². The molecule has 0 bridgehead atoms. The Labute approximate surface area is 104 Å². The average Bonchev–Trinajstić information content (AvgIpc) is 2.46. The van der Waals surface area contributed by atoms with Crippen molar-refractivity contribution in [2.75, 3.05) is 14.2 Å². The van der Waals surface area contributed by atoms with Crippen molar-refractivity contribution in [3.05, 3.63) is 36.3 Å². The Balaban J connectivity index is 2.56. The molecule has 0 atom stereocenters. The Morgan fingerprint density at radius 2 is 2.00 bits per heavy atom. The fraction of sp³-hybridized carbons (Fsp3) is 0.154. The number of ether oxygens (including phenoxy) is 2. The lowest BCUT2D eigenvalue weighted by Crippen LogP contribution is -1.96. The van der Waals surface area contributed by atoms with Crippen LogP contribution in [-0.2, 0) is 0 Å². The summed E-state index contributed by atoms with van der Waals surface area (Å²) in [5.41, 5.74) is 1.37. The average molecular weight is 244 g/mol. The summed E-state index contributed by atoms with van der Waals surface area (Å²) in [6.45, 7) is 0. The van der Waals surface area contributed by atoms with E-state index in [1.54, 1.807) is 38.5 Å². The van der Waals surface area contributed by atoms with Crippen LogP contribution in [0, 0.1) is 0 Å². The van der Waals surface area contributed by atoms with Crippen LogP contribution in [0.2, 0.25) is 0 Å². The molecule has 0 saturated carbocycles. The number of carbonyl (C=O) groups excluding carboxylic acids is 1. The first-order valence-corrected chi connectivity index (χ1v) is 5.29. The zero-order valence-corrected chi connectivity index (χ0v) is 10.1. The fourth-order valence-electron chi connectivity index (χ4n) is 1.59. The maximum Gasteiger partial charge on any atom is 0.193 e. The van der Waals surface area contributed by atoms with Gasteiger partial charge in [-0.25, -0.2) is 9.97 Å². The molecule has 0 aliphatic carbocycles. The van der Waals surface area contributed by atoms with Crippen LogP contribution in [-0.4, -0.2) is 30.5 Å². The molecule has 0 amide bonds. The van der Waals surface area contributed by atoms with Gasteiger partial charge in [-0.2, -0.15) is 0 Å². The Morgan fingerprint density at radius 1 is 1.17 bits per heavy atom.